The number of hydrogen-bond acceptors (Lipinski definition) is 7. The van der Waals surface area contributed by atoms with E-state index in [0.29, 0.717) is 17.8 Å². The molecule has 166 valence electrons. The van der Waals surface area contributed by atoms with E-state index in [1.54, 1.807) is 7.11 Å². The number of benzene rings is 2. The first-order valence-electron chi connectivity index (χ1n) is 10.8. The molecule has 5 nitrogen and oxygen atoms in total. The highest BCUT2D eigenvalue weighted by atomic mass is 32.2. The minimum Gasteiger partial charge on any atom is -0.497 e. The van der Waals surface area contributed by atoms with Gasteiger partial charge in [0.25, 0.3) is 0 Å². The third-order valence-corrected chi connectivity index (χ3v) is 8.79. The summed E-state index contributed by atoms with van der Waals surface area (Å²) in [6.45, 7) is 1.25. The summed E-state index contributed by atoms with van der Waals surface area (Å²) in [4.78, 5) is 0. The van der Waals surface area contributed by atoms with Gasteiger partial charge in [-0.3, -0.25) is 0 Å². The highest BCUT2D eigenvalue weighted by molar-refractivity contribution is 8.17. The highest BCUT2D eigenvalue weighted by Crippen LogP contribution is 2.44. The van der Waals surface area contributed by atoms with Crippen LogP contribution in [-0.4, -0.2) is 54.2 Å². The quantitative estimate of drug-likeness (QED) is 0.557. The van der Waals surface area contributed by atoms with Gasteiger partial charge >= 0.3 is 0 Å². The predicted molar refractivity (Wildman–Crippen MR) is 124 cm³/mol. The maximum atomic E-state index is 6.61. The zero-order valence-electron chi connectivity index (χ0n) is 17.6. The molecule has 2 aromatic rings. The van der Waals surface area contributed by atoms with Crippen LogP contribution in [0.15, 0.2) is 54.6 Å². The van der Waals surface area contributed by atoms with Gasteiger partial charge in [-0.25, -0.2) is 0 Å². The maximum Gasteiger partial charge on any atom is 0.184 e. The first-order chi connectivity index (χ1) is 15.3. The van der Waals surface area contributed by atoms with Gasteiger partial charge in [-0.2, -0.15) is 0 Å². The van der Waals surface area contributed by atoms with Crippen LogP contribution in [0.4, 0.5) is 0 Å². The molecule has 0 bridgehead atoms. The lowest BCUT2D eigenvalue weighted by Crippen LogP contribution is -2.54. The van der Waals surface area contributed by atoms with Crippen molar-refractivity contribution in [1.29, 1.82) is 0 Å². The van der Waals surface area contributed by atoms with E-state index in [9.17, 15) is 0 Å². The molecular weight excluding hydrogens is 432 g/mol. The zero-order chi connectivity index (χ0) is 21.0. The fourth-order valence-electron chi connectivity index (χ4n) is 3.99. The van der Waals surface area contributed by atoms with E-state index in [4.69, 9.17) is 23.7 Å². The van der Waals surface area contributed by atoms with Crippen molar-refractivity contribution in [3.63, 3.8) is 0 Å². The summed E-state index contributed by atoms with van der Waals surface area (Å²) in [7, 11) is 1.67. The van der Waals surface area contributed by atoms with E-state index in [1.807, 2.05) is 66.0 Å². The predicted octanol–water partition coefficient (Wildman–Crippen LogP) is 4.66. The molecule has 0 amide bonds. The highest BCUT2D eigenvalue weighted by Gasteiger charge is 2.51. The molecule has 0 spiro atoms. The van der Waals surface area contributed by atoms with Crippen molar-refractivity contribution in [2.24, 2.45) is 0 Å². The summed E-state index contributed by atoms with van der Waals surface area (Å²) in [5, 5.41) is 0. The molecule has 0 aromatic heterocycles. The Hall–Kier alpha value is -1.22. The van der Waals surface area contributed by atoms with Crippen molar-refractivity contribution in [1.82, 2.24) is 0 Å². The number of ether oxygens (including phenoxy) is 5. The molecule has 0 unspecified atom stereocenters. The second kappa shape index (κ2) is 10.1. The molecule has 0 N–H and O–H groups in total. The molecule has 5 atom stereocenters. The molecule has 0 saturated carbocycles. The van der Waals surface area contributed by atoms with Gasteiger partial charge in [-0.15, -0.1) is 23.5 Å². The SMILES string of the molecule is COc1ccc([C@@H]2O[C@H]([C@@H]3CO3)[C@H](OCc3ccccc3)[C@H](C3SCCCS3)O2)cc1. The van der Waals surface area contributed by atoms with Gasteiger partial charge in [0.15, 0.2) is 6.29 Å². The lowest BCUT2D eigenvalue weighted by atomic mass is 10.0. The largest absolute Gasteiger partial charge is 0.497 e. The first-order valence-corrected chi connectivity index (χ1v) is 12.9. The van der Waals surface area contributed by atoms with Crippen molar-refractivity contribution >= 4 is 23.5 Å². The summed E-state index contributed by atoms with van der Waals surface area (Å²) in [5.74, 6) is 3.13. The fourth-order valence-corrected chi connectivity index (χ4v) is 7.04. The van der Waals surface area contributed by atoms with Crippen LogP contribution < -0.4 is 4.74 Å². The third kappa shape index (κ3) is 5.24. The zero-order valence-corrected chi connectivity index (χ0v) is 19.2. The number of methoxy groups -OCH3 is 1. The van der Waals surface area contributed by atoms with E-state index in [2.05, 4.69) is 12.1 Å². The monoisotopic (exact) mass is 460 g/mol. The van der Waals surface area contributed by atoms with Gasteiger partial charge in [-0.1, -0.05) is 42.5 Å². The van der Waals surface area contributed by atoms with E-state index < -0.39 is 6.29 Å². The molecule has 7 heteroatoms. The Labute approximate surface area is 192 Å². The molecule has 0 radical (unpaired) electrons. The van der Waals surface area contributed by atoms with Gasteiger partial charge in [0, 0.05) is 5.56 Å². The smallest absolute Gasteiger partial charge is 0.184 e. The van der Waals surface area contributed by atoms with Crippen molar-refractivity contribution in [3.8, 4) is 5.75 Å². The fraction of sp³-hybridized carbons (Fsp3) is 0.500. The Bertz CT molecular complexity index is 824. The maximum absolute atomic E-state index is 6.61. The van der Waals surface area contributed by atoms with Gasteiger partial charge in [0.2, 0.25) is 0 Å². The molecule has 31 heavy (non-hydrogen) atoms. The molecule has 2 aromatic carbocycles. The molecule has 3 heterocycles. The minimum absolute atomic E-state index is 0.0616. The van der Waals surface area contributed by atoms with Gasteiger partial charge in [-0.05, 0) is 35.6 Å². The number of epoxide rings is 1. The van der Waals surface area contributed by atoms with Crippen molar-refractivity contribution in [2.75, 3.05) is 25.2 Å². The first kappa shape index (κ1) is 21.6. The summed E-state index contributed by atoms with van der Waals surface area (Å²) in [6.07, 6.45) is 0.454. The standard InChI is InChI=1S/C24H28O5S2/c1-25-18-10-8-17(9-11-18)23-28-20(19-15-26-19)21(27-14-16-6-3-2-4-7-16)22(29-23)24-30-12-5-13-31-24/h2-4,6-11,19-24H,5,12-15H2,1H3/t19-,20+,21-,22+,23+/m0/s1. The second-order valence-electron chi connectivity index (χ2n) is 7.90. The second-order valence-corrected chi connectivity index (χ2v) is 10.7. The normalized spacial score (nSPS) is 31.3. The Morgan fingerprint density at radius 1 is 0.935 bits per heavy atom. The van der Waals surface area contributed by atoms with Gasteiger partial charge in [0.1, 0.15) is 30.2 Å². The van der Waals surface area contributed by atoms with Crippen molar-refractivity contribution in [2.45, 2.75) is 48.3 Å². The van der Waals surface area contributed by atoms with Crippen LogP contribution in [0.1, 0.15) is 23.8 Å². The minimum atomic E-state index is -0.440. The van der Waals surface area contributed by atoms with Crippen LogP contribution in [0.25, 0.3) is 0 Å². The Morgan fingerprint density at radius 2 is 1.65 bits per heavy atom. The summed E-state index contributed by atoms with van der Waals surface area (Å²) >= 11 is 3.95. The van der Waals surface area contributed by atoms with E-state index >= 15 is 0 Å². The van der Waals surface area contributed by atoms with Crippen molar-refractivity contribution < 1.29 is 23.7 Å². The molecule has 3 saturated heterocycles. The topological polar surface area (TPSA) is 49.5 Å². The van der Waals surface area contributed by atoms with E-state index in [-0.39, 0.29) is 24.4 Å². The Kier molecular flexibility index (Phi) is 7.08. The van der Waals surface area contributed by atoms with Crippen LogP contribution in [0.2, 0.25) is 0 Å². The lowest BCUT2D eigenvalue weighted by molar-refractivity contribution is -0.298. The van der Waals surface area contributed by atoms with Crippen LogP contribution >= 0.6 is 23.5 Å². The molecular formula is C24H28O5S2. The number of hydrogen-bond donors (Lipinski definition) is 0. The van der Waals surface area contributed by atoms with Crippen LogP contribution in [-0.2, 0) is 25.6 Å². The average Bonchev–Trinajstić information content (AvgIpc) is 3.69. The van der Waals surface area contributed by atoms with Crippen LogP contribution in [0.5, 0.6) is 5.75 Å². The summed E-state index contributed by atoms with van der Waals surface area (Å²) in [6, 6.07) is 18.2. The Balaban J connectivity index is 1.39. The van der Waals surface area contributed by atoms with E-state index in [0.717, 1.165) is 28.4 Å². The van der Waals surface area contributed by atoms with Gasteiger partial charge < -0.3 is 23.7 Å². The lowest BCUT2D eigenvalue weighted by Gasteiger charge is -2.44. The van der Waals surface area contributed by atoms with Gasteiger partial charge in [0.05, 0.1) is 24.9 Å². The molecule has 3 aliphatic rings. The molecule has 3 aliphatic heterocycles. The van der Waals surface area contributed by atoms with Crippen LogP contribution in [0.3, 0.4) is 0 Å². The average molecular weight is 461 g/mol. The third-order valence-electron chi connectivity index (χ3n) is 5.73. The van der Waals surface area contributed by atoms with Crippen LogP contribution in [0, 0.1) is 0 Å². The van der Waals surface area contributed by atoms with Crippen molar-refractivity contribution in [3.05, 3.63) is 65.7 Å². The molecule has 0 aliphatic carbocycles. The van der Waals surface area contributed by atoms with E-state index in [1.165, 1.54) is 6.42 Å². The number of thioether (sulfide) groups is 2. The summed E-state index contributed by atoms with van der Waals surface area (Å²) in [5.41, 5.74) is 2.14. The molecule has 5 rings (SSSR count). The Morgan fingerprint density at radius 3 is 2.32 bits per heavy atom. The molecule has 3 fully saturated rings. The number of rotatable bonds is 7. The summed E-state index contributed by atoms with van der Waals surface area (Å²) < 4.78 is 30.9.